The van der Waals surface area contributed by atoms with Crippen molar-refractivity contribution in [2.45, 2.75) is 13.1 Å². The third kappa shape index (κ3) is 4.28. The normalized spacial score (nSPS) is 10.5. The monoisotopic (exact) mass is 348 g/mol. The standard InChI is InChI=1S/C22H21FN2O/c1-2-13-25(22(26)19-10-6-11-20(23)15-19)17-21-12-7-14-24(21)16-18-8-4-3-5-9-18/h2-12,14-15H,1,13,16-17H2. The number of carbonyl (C=O) groups excluding carboxylic acids is 1. The van der Waals surface area contributed by atoms with Crippen LogP contribution in [0.1, 0.15) is 21.6 Å². The smallest absolute Gasteiger partial charge is 0.254 e. The average molecular weight is 348 g/mol. The van der Waals surface area contributed by atoms with Gasteiger partial charge >= 0.3 is 0 Å². The Kier molecular flexibility index (Phi) is 5.64. The molecular formula is C22H21FN2O. The number of hydrogen-bond donors (Lipinski definition) is 0. The van der Waals surface area contributed by atoms with Crippen molar-refractivity contribution in [3.8, 4) is 0 Å². The highest BCUT2D eigenvalue weighted by Gasteiger charge is 2.17. The van der Waals surface area contributed by atoms with Crippen LogP contribution in [0, 0.1) is 5.82 Å². The van der Waals surface area contributed by atoms with Crippen LogP contribution < -0.4 is 0 Å². The summed E-state index contributed by atoms with van der Waals surface area (Å²) in [5.74, 6) is -0.626. The first-order chi connectivity index (χ1) is 12.7. The first-order valence-corrected chi connectivity index (χ1v) is 8.51. The van der Waals surface area contributed by atoms with Crippen LogP contribution in [0.25, 0.3) is 0 Å². The second-order valence-corrected chi connectivity index (χ2v) is 6.10. The molecule has 1 amide bonds. The van der Waals surface area contributed by atoms with Gasteiger partial charge in [-0.15, -0.1) is 6.58 Å². The topological polar surface area (TPSA) is 25.2 Å². The molecule has 0 saturated carbocycles. The van der Waals surface area contributed by atoms with E-state index in [1.54, 1.807) is 23.1 Å². The van der Waals surface area contributed by atoms with Crippen molar-refractivity contribution < 1.29 is 9.18 Å². The van der Waals surface area contributed by atoms with E-state index < -0.39 is 5.82 Å². The SMILES string of the molecule is C=CCN(Cc1cccn1Cc1ccccc1)C(=O)c1cccc(F)c1. The maximum absolute atomic E-state index is 13.5. The number of rotatable bonds is 7. The van der Waals surface area contributed by atoms with Crippen molar-refractivity contribution in [3.63, 3.8) is 0 Å². The number of carbonyl (C=O) groups is 1. The summed E-state index contributed by atoms with van der Waals surface area (Å²) in [5, 5.41) is 0. The van der Waals surface area contributed by atoms with E-state index in [1.807, 2.05) is 36.5 Å². The van der Waals surface area contributed by atoms with Crippen molar-refractivity contribution in [1.82, 2.24) is 9.47 Å². The van der Waals surface area contributed by atoms with Crippen molar-refractivity contribution in [2.75, 3.05) is 6.54 Å². The van der Waals surface area contributed by atoms with E-state index in [2.05, 4.69) is 23.3 Å². The number of amides is 1. The summed E-state index contributed by atoms with van der Waals surface area (Å²) >= 11 is 0. The molecule has 0 radical (unpaired) electrons. The molecule has 0 atom stereocenters. The molecule has 0 saturated heterocycles. The predicted octanol–water partition coefficient (Wildman–Crippen LogP) is 4.50. The average Bonchev–Trinajstić information content (AvgIpc) is 3.08. The molecule has 0 fully saturated rings. The highest BCUT2D eigenvalue weighted by molar-refractivity contribution is 5.94. The first kappa shape index (κ1) is 17.7. The number of aromatic nitrogens is 1. The quantitative estimate of drug-likeness (QED) is 0.577. The Balaban J connectivity index is 1.79. The van der Waals surface area contributed by atoms with Gasteiger partial charge < -0.3 is 9.47 Å². The molecule has 0 spiro atoms. The highest BCUT2D eigenvalue weighted by Crippen LogP contribution is 2.14. The third-order valence-electron chi connectivity index (χ3n) is 4.18. The zero-order chi connectivity index (χ0) is 18.4. The van der Waals surface area contributed by atoms with Gasteiger partial charge in [0.2, 0.25) is 0 Å². The Hall–Kier alpha value is -3.14. The molecule has 3 rings (SSSR count). The largest absolute Gasteiger partial charge is 0.345 e. The fourth-order valence-electron chi connectivity index (χ4n) is 2.90. The van der Waals surface area contributed by atoms with E-state index >= 15 is 0 Å². The summed E-state index contributed by atoms with van der Waals surface area (Å²) in [4.78, 5) is 14.5. The predicted molar refractivity (Wildman–Crippen MR) is 101 cm³/mol. The summed E-state index contributed by atoms with van der Waals surface area (Å²) in [6, 6.07) is 19.9. The fourth-order valence-corrected chi connectivity index (χ4v) is 2.90. The Morgan fingerprint density at radius 3 is 2.62 bits per heavy atom. The van der Waals surface area contributed by atoms with E-state index in [-0.39, 0.29) is 5.91 Å². The van der Waals surface area contributed by atoms with Crippen LogP contribution >= 0.6 is 0 Å². The summed E-state index contributed by atoms with van der Waals surface area (Å²) in [5.41, 5.74) is 2.55. The number of benzene rings is 2. The highest BCUT2D eigenvalue weighted by atomic mass is 19.1. The first-order valence-electron chi connectivity index (χ1n) is 8.51. The molecule has 3 nitrogen and oxygen atoms in total. The molecule has 0 bridgehead atoms. The van der Waals surface area contributed by atoms with Crippen LogP contribution in [0.15, 0.2) is 85.6 Å². The molecule has 0 aliphatic carbocycles. The molecule has 0 aliphatic rings. The molecule has 0 aliphatic heterocycles. The van der Waals surface area contributed by atoms with E-state index in [9.17, 15) is 9.18 Å². The van der Waals surface area contributed by atoms with E-state index in [0.29, 0.717) is 18.7 Å². The van der Waals surface area contributed by atoms with Gasteiger partial charge in [0.15, 0.2) is 0 Å². The van der Waals surface area contributed by atoms with Gasteiger partial charge in [0.25, 0.3) is 5.91 Å². The third-order valence-corrected chi connectivity index (χ3v) is 4.18. The van der Waals surface area contributed by atoms with Gasteiger partial charge in [0.05, 0.1) is 6.54 Å². The molecular weight excluding hydrogens is 327 g/mol. The van der Waals surface area contributed by atoms with Crippen LogP contribution in [-0.2, 0) is 13.1 Å². The lowest BCUT2D eigenvalue weighted by molar-refractivity contribution is 0.0759. The van der Waals surface area contributed by atoms with Crippen LogP contribution in [0.5, 0.6) is 0 Å². The van der Waals surface area contributed by atoms with Gasteiger partial charge in [-0.25, -0.2) is 4.39 Å². The zero-order valence-electron chi connectivity index (χ0n) is 14.5. The second kappa shape index (κ2) is 8.30. The van der Waals surface area contributed by atoms with E-state index in [4.69, 9.17) is 0 Å². The maximum atomic E-state index is 13.5. The summed E-state index contributed by atoms with van der Waals surface area (Å²) in [6.07, 6.45) is 3.68. The zero-order valence-corrected chi connectivity index (χ0v) is 14.5. The minimum Gasteiger partial charge on any atom is -0.345 e. The Bertz CT molecular complexity index is 886. The van der Waals surface area contributed by atoms with Gasteiger partial charge in [-0.05, 0) is 35.9 Å². The fraction of sp³-hybridized carbons (Fsp3) is 0.136. The number of halogens is 1. The molecule has 26 heavy (non-hydrogen) atoms. The summed E-state index contributed by atoms with van der Waals surface area (Å²) in [7, 11) is 0. The number of nitrogens with zero attached hydrogens (tertiary/aromatic N) is 2. The molecule has 2 aromatic carbocycles. The lowest BCUT2D eigenvalue weighted by Crippen LogP contribution is -2.31. The molecule has 4 heteroatoms. The Labute approximate surface area is 153 Å². The van der Waals surface area contributed by atoms with Crippen molar-refractivity contribution in [2.24, 2.45) is 0 Å². The van der Waals surface area contributed by atoms with Gasteiger partial charge in [-0.3, -0.25) is 4.79 Å². The minimum absolute atomic E-state index is 0.211. The summed E-state index contributed by atoms with van der Waals surface area (Å²) < 4.78 is 15.6. The van der Waals surface area contributed by atoms with Gasteiger partial charge in [-0.1, -0.05) is 42.5 Å². The van der Waals surface area contributed by atoms with Crippen molar-refractivity contribution >= 4 is 5.91 Å². The van der Waals surface area contributed by atoms with Gasteiger partial charge in [0, 0.05) is 30.5 Å². The molecule has 0 N–H and O–H groups in total. The number of hydrogen-bond acceptors (Lipinski definition) is 1. The van der Waals surface area contributed by atoms with Crippen LogP contribution in [0.4, 0.5) is 4.39 Å². The lowest BCUT2D eigenvalue weighted by Gasteiger charge is -2.22. The van der Waals surface area contributed by atoms with Gasteiger partial charge in [-0.2, -0.15) is 0 Å². The van der Waals surface area contributed by atoms with Crippen LogP contribution in [0.3, 0.4) is 0 Å². The Morgan fingerprint density at radius 1 is 1.08 bits per heavy atom. The van der Waals surface area contributed by atoms with Crippen LogP contribution in [0.2, 0.25) is 0 Å². The lowest BCUT2D eigenvalue weighted by atomic mass is 10.2. The van der Waals surface area contributed by atoms with Gasteiger partial charge in [0.1, 0.15) is 5.82 Å². The van der Waals surface area contributed by atoms with E-state index in [1.165, 1.54) is 17.7 Å². The molecule has 0 unspecified atom stereocenters. The van der Waals surface area contributed by atoms with Crippen molar-refractivity contribution in [1.29, 1.82) is 0 Å². The summed E-state index contributed by atoms with van der Waals surface area (Å²) in [6.45, 7) is 5.30. The van der Waals surface area contributed by atoms with E-state index in [0.717, 1.165) is 12.2 Å². The van der Waals surface area contributed by atoms with Crippen LogP contribution in [-0.4, -0.2) is 21.9 Å². The Morgan fingerprint density at radius 2 is 1.88 bits per heavy atom. The molecule has 3 aromatic rings. The minimum atomic E-state index is -0.415. The molecule has 1 heterocycles. The second-order valence-electron chi connectivity index (χ2n) is 6.10. The molecule has 132 valence electrons. The van der Waals surface area contributed by atoms with Crippen molar-refractivity contribution in [3.05, 3.63) is 108 Å². The molecule has 1 aromatic heterocycles. The maximum Gasteiger partial charge on any atom is 0.254 e.